The molecule has 0 radical (unpaired) electrons. The van der Waals surface area contributed by atoms with Gasteiger partial charge in [0.1, 0.15) is 11.9 Å². The number of anilines is 2. The van der Waals surface area contributed by atoms with Crippen LogP contribution in [0.1, 0.15) is 51.2 Å². The molecule has 1 aliphatic heterocycles. The number of hydrogen-bond acceptors (Lipinski definition) is 6. The van der Waals surface area contributed by atoms with Gasteiger partial charge in [0.2, 0.25) is 5.91 Å². The predicted octanol–water partition coefficient (Wildman–Crippen LogP) is 8.10. The summed E-state index contributed by atoms with van der Waals surface area (Å²) < 4.78 is 17.8. The van der Waals surface area contributed by atoms with E-state index >= 15 is 0 Å². The van der Waals surface area contributed by atoms with E-state index in [2.05, 4.69) is 56.4 Å². The first-order valence-electron chi connectivity index (χ1n) is 15.8. The van der Waals surface area contributed by atoms with E-state index in [9.17, 15) is 9.59 Å². The van der Waals surface area contributed by atoms with Crippen LogP contribution in [0.4, 0.5) is 16.2 Å². The smallest absolute Gasteiger partial charge is 0.411 e. The summed E-state index contributed by atoms with van der Waals surface area (Å²) in [7, 11) is 1.79. The van der Waals surface area contributed by atoms with Crippen molar-refractivity contribution in [3.8, 4) is 16.9 Å². The van der Waals surface area contributed by atoms with Gasteiger partial charge < -0.3 is 24.1 Å². The van der Waals surface area contributed by atoms with Crippen molar-refractivity contribution in [3.05, 3.63) is 77.9 Å². The molecule has 0 saturated carbocycles. The molecule has 1 aliphatic rings. The van der Waals surface area contributed by atoms with Crippen molar-refractivity contribution in [3.63, 3.8) is 0 Å². The van der Waals surface area contributed by atoms with Crippen molar-refractivity contribution < 1.29 is 23.5 Å². The fourth-order valence-electron chi connectivity index (χ4n) is 5.01. The van der Waals surface area contributed by atoms with E-state index in [-0.39, 0.29) is 23.5 Å². The predicted molar refractivity (Wildman–Crippen MR) is 184 cm³/mol. The molecular weight excluding hydrogens is 582 g/mol. The van der Waals surface area contributed by atoms with Gasteiger partial charge in [-0.2, -0.15) is 0 Å². The highest BCUT2D eigenvalue weighted by Gasteiger charge is 2.37. The second-order valence-electron chi connectivity index (χ2n) is 13.4. The molecule has 2 amide bonds. The molecule has 1 heterocycles. The number of aryl methyl sites for hydroxylation is 1. The molecule has 1 saturated heterocycles. The van der Waals surface area contributed by atoms with Crippen LogP contribution in [0, 0.1) is 0 Å². The van der Waals surface area contributed by atoms with Gasteiger partial charge >= 0.3 is 6.09 Å². The van der Waals surface area contributed by atoms with Crippen molar-refractivity contribution in [2.24, 2.45) is 0 Å². The Labute approximate surface area is 269 Å². The Kier molecular flexibility index (Phi) is 11.5. The topological polar surface area (TPSA) is 89.1 Å². The lowest BCUT2D eigenvalue weighted by Crippen LogP contribution is -2.40. The molecule has 9 heteroatoms. The standard InChI is InChI=1S/C36H49N3O5Si/c1-36(2,3)45(6,7)43-25-28-15-16-29(24-33(28)42-5)37-34(40)18-14-26-13-17-31(27-11-9-8-10-12-27)32(23-26)38-35(41)44-30-19-21-39(4)22-20-30/h8-13,15-17,23-24,30H,14,18-22,25H2,1-7H3,(H,37,40)(H,38,41). The molecule has 2 N–H and O–H groups in total. The van der Waals surface area contributed by atoms with Crippen molar-refractivity contribution >= 4 is 31.7 Å². The average Bonchev–Trinajstić information content (AvgIpc) is 3.00. The molecule has 0 aromatic heterocycles. The molecular formula is C36H49N3O5Si. The summed E-state index contributed by atoms with van der Waals surface area (Å²) >= 11 is 0. The van der Waals surface area contributed by atoms with Crippen LogP contribution in [0.2, 0.25) is 18.1 Å². The van der Waals surface area contributed by atoms with E-state index in [1.807, 2.05) is 66.7 Å². The van der Waals surface area contributed by atoms with Crippen molar-refractivity contribution in [1.29, 1.82) is 0 Å². The van der Waals surface area contributed by atoms with E-state index in [1.54, 1.807) is 7.11 Å². The normalized spacial score (nSPS) is 14.6. The zero-order valence-electron chi connectivity index (χ0n) is 27.9. The molecule has 3 aromatic rings. The minimum absolute atomic E-state index is 0.0920. The third kappa shape index (κ3) is 9.66. The SMILES string of the molecule is COc1cc(NC(=O)CCc2ccc(-c3ccccc3)c(NC(=O)OC3CCN(C)CC3)c2)ccc1CO[Si](C)(C)C(C)(C)C. The summed E-state index contributed by atoms with van der Waals surface area (Å²) in [4.78, 5) is 28.1. The Balaban J connectivity index is 1.39. The van der Waals surface area contributed by atoms with Gasteiger partial charge in [0.05, 0.1) is 19.4 Å². The number of likely N-dealkylation sites (tertiary alicyclic amines) is 1. The number of nitrogens with zero attached hydrogens (tertiary/aromatic N) is 1. The van der Waals surface area contributed by atoms with Gasteiger partial charge in [0, 0.05) is 42.4 Å². The maximum absolute atomic E-state index is 13.0. The van der Waals surface area contributed by atoms with Crippen LogP contribution in [0.15, 0.2) is 66.7 Å². The van der Waals surface area contributed by atoms with Crippen molar-refractivity contribution in [2.45, 2.75) is 77.3 Å². The molecule has 8 nitrogen and oxygen atoms in total. The van der Waals surface area contributed by atoms with Gasteiger partial charge in [0.25, 0.3) is 0 Å². The minimum Gasteiger partial charge on any atom is -0.496 e. The maximum Gasteiger partial charge on any atom is 0.411 e. The highest BCUT2D eigenvalue weighted by Crippen LogP contribution is 2.38. The molecule has 4 rings (SSSR count). The first kappa shape index (κ1) is 34.2. The summed E-state index contributed by atoms with van der Waals surface area (Å²) in [5.41, 5.74) is 5.12. The highest BCUT2D eigenvalue weighted by molar-refractivity contribution is 6.74. The first-order valence-corrected chi connectivity index (χ1v) is 18.7. The van der Waals surface area contributed by atoms with E-state index in [0.29, 0.717) is 30.2 Å². The van der Waals surface area contributed by atoms with Gasteiger partial charge in [-0.05, 0) is 67.7 Å². The fourth-order valence-corrected chi connectivity index (χ4v) is 5.96. The summed E-state index contributed by atoms with van der Waals surface area (Å²) in [6.45, 7) is 13.4. The number of hydrogen-bond donors (Lipinski definition) is 2. The molecule has 0 atom stereocenters. The van der Waals surface area contributed by atoms with Gasteiger partial charge in [-0.25, -0.2) is 4.79 Å². The van der Waals surface area contributed by atoms with Crippen molar-refractivity contribution in [1.82, 2.24) is 4.90 Å². The number of rotatable bonds is 11. The van der Waals surface area contributed by atoms with Crippen LogP contribution in [-0.2, 0) is 27.0 Å². The largest absolute Gasteiger partial charge is 0.496 e. The molecule has 0 spiro atoms. The molecule has 0 bridgehead atoms. The number of methoxy groups -OCH3 is 1. The van der Waals surface area contributed by atoms with E-state index in [0.717, 1.165) is 48.2 Å². The third-order valence-corrected chi connectivity index (χ3v) is 13.4. The molecule has 1 fully saturated rings. The number of carbonyl (C=O) groups excluding carboxylic acids is 2. The number of carbonyl (C=O) groups is 2. The molecule has 242 valence electrons. The Morgan fingerprint density at radius 2 is 1.67 bits per heavy atom. The van der Waals surface area contributed by atoms with Crippen LogP contribution in [0.3, 0.4) is 0 Å². The number of benzene rings is 3. The summed E-state index contributed by atoms with van der Waals surface area (Å²) in [6, 6.07) is 21.5. The summed E-state index contributed by atoms with van der Waals surface area (Å²) in [5.74, 6) is 0.580. The Hall–Kier alpha value is -3.66. The number of ether oxygens (including phenoxy) is 2. The third-order valence-electron chi connectivity index (χ3n) is 8.95. The lowest BCUT2D eigenvalue weighted by Gasteiger charge is -2.36. The quantitative estimate of drug-likeness (QED) is 0.208. The Morgan fingerprint density at radius 3 is 2.33 bits per heavy atom. The van der Waals surface area contributed by atoms with Gasteiger partial charge in [-0.15, -0.1) is 0 Å². The highest BCUT2D eigenvalue weighted by atomic mass is 28.4. The van der Waals surface area contributed by atoms with E-state index in [4.69, 9.17) is 13.9 Å². The minimum atomic E-state index is -1.91. The van der Waals surface area contributed by atoms with Crippen LogP contribution in [0.25, 0.3) is 11.1 Å². The van der Waals surface area contributed by atoms with E-state index in [1.165, 1.54) is 0 Å². The van der Waals surface area contributed by atoms with Gasteiger partial charge in [-0.1, -0.05) is 69.3 Å². The van der Waals surface area contributed by atoms with Crippen LogP contribution >= 0.6 is 0 Å². The van der Waals surface area contributed by atoms with Crippen LogP contribution in [-0.4, -0.2) is 58.6 Å². The first-order chi connectivity index (χ1) is 21.3. The monoisotopic (exact) mass is 631 g/mol. The zero-order chi connectivity index (χ0) is 32.6. The summed E-state index contributed by atoms with van der Waals surface area (Å²) in [5, 5.41) is 6.10. The Bertz CT molecular complexity index is 1450. The van der Waals surface area contributed by atoms with Gasteiger partial charge in [-0.3, -0.25) is 10.1 Å². The van der Waals surface area contributed by atoms with E-state index < -0.39 is 14.4 Å². The number of piperidine rings is 1. The Morgan fingerprint density at radius 1 is 0.956 bits per heavy atom. The second kappa shape index (κ2) is 15.1. The number of nitrogens with one attached hydrogen (secondary N) is 2. The second-order valence-corrected chi connectivity index (χ2v) is 18.2. The number of amides is 2. The lowest BCUT2D eigenvalue weighted by molar-refractivity contribution is -0.116. The molecule has 0 aliphatic carbocycles. The average molecular weight is 632 g/mol. The van der Waals surface area contributed by atoms with Gasteiger partial charge in [0.15, 0.2) is 8.32 Å². The fraction of sp³-hybridized carbons (Fsp3) is 0.444. The molecule has 45 heavy (non-hydrogen) atoms. The van der Waals surface area contributed by atoms with Crippen molar-refractivity contribution in [2.75, 3.05) is 37.9 Å². The molecule has 0 unspecified atom stereocenters. The summed E-state index contributed by atoms with van der Waals surface area (Å²) in [6.07, 6.45) is 1.89. The molecule has 3 aromatic carbocycles. The van der Waals surface area contributed by atoms with Crippen LogP contribution in [0.5, 0.6) is 5.75 Å². The maximum atomic E-state index is 13.0. The lowest BCUT2D eigenvalue weighted by atomic mass is 9.99. The van der Waals surface area contributed by atoms with Crippen LogP contribution < -0.4 is 15.4 Å². The zero-order valence-corrected chi connectivity index (χ0v) is 28.9.